The van der Waals surface area contributed by atoms with Crippen molar-refractivity contribution < 1.29 is 18.7 Å². The van der Waals surface area contributed by atoms with Gasteiger partial charge < -0.3 is 10.1 Å². The van der Waals surface area contributed by atoms with Crippen LogP contribution in [0.4, 0.5) is 10.1 Å². The number of esters is 1. The van der Waals surface area contributed by atoms with Gasteiger partial charge in [0.2, 0.25) is 0 Å². The van der Waals surface area contributed by atoms with Crippen LogP contribution in [0.1, 0.15) is 11.1 Å². The quantitative estimate of drug-likeness (QED) is 0.680. The highest BCUT2D eigenvalue weighted by Crippen LogP contribution is 2.09. The molecule has 0 saturated carbocycles. The predicted octanol–water partition coefficient (Wildman–Crippen LogP) is 3.33. The summed E-state index contributed by atoms with van der Waals surface area (Å²) >= 11 is 0. The van der Waals surface area contributed by atoms with E-state index in [4.69, 9.17) is 4.74 Å². The van der Waals surface area contributed by atoms with Crippen molar-refractivity contribution >= 4 is 23.6 Å². The summed E-state index contributed by atoms with van der Waals surface area (Å²) in [7, 11) is 0. The van der Waals surface area contributed by atoms with Gasteiger partial charge >= 0.3 is 5.97 Å². The molecular weight excluding hydrogens is 297 g/mol. The summed E-state index contributed by atoms with van der Waals surface area (Å²) in [5.41, 5.74) is 2.25. The maximum Gasteiger partial charge on any atom is 0.331 e. The molecule has 0 unspecified atom stereocenters. The Hall–Kier alpha value is -2.95. The van der Waals surface area contributed by atoms with Crippen LogP contribution in [0.2, 0.25) is 0 Å². The minimum absolute atomic E-state index is 0.307. The van der Waals surface area contributed by atoms with Crippen molar-refractivity contribution in [2.45, 2.75) is 6.92 Å². The zero-order chi connectivity index (χ0) is 16.7. The molecule has 0 spiro atoms. The van der Waals surface area contributed by atoms with E-state index in [1.807, 2.05) is 31.2 Å². The third-order valence-corrected chi connectivity index (χ3v) is 2.91. The fourth-order valence-electron chi connectivity index (χ4n) is 1.89. The van der Waals surface area contributed by atoms with Crippen molar-refractivity contribution in [2.24, 2.45) is 0 Å². The molecule has 4 nitrogen and oxygen atoms in total. The van der Waals surface area contributed by atoms with Crippen LogP contribution in [0.3, 0.4) is 0 Å². The van der Waals surface area contributed by atoms with Crippen LogP contribution >= 0.6 is 0 Å². The molecule has 0 aromatic heterocycles. The lowest BCUT2D eigenvalue weighted by Gasteiger charge is -2.05. The zero-order valence-electron chi connectivity index (χ0n) is 12.6. The van der Waals surface area contributed by atoms with Gasteiger partial charge in [0.25, 0.3) is 5.91 Å². The molecule has 0 fully saturated rings. The van der Waals surface area contributed by atoms with Crippen LogP contribution in [-0.2, 0) is 14.3 Å². The second-order valence-electron chi connectivity index (χ2n) is 4.91. The van der Waals surface area contributed by atoms with E-state index in [2.05, 4.69) is 5.32 Å². The predicted molar refractivity (Wildman–Crippen MR) is 86.2 cm³/mol. The van der Waals surface area contributed by atoms with Gasteiger partial charge in [-0.1, -0.05) is 35.9 Å². The lowest BCUT2D eigenvalue weighted by molar-refractivity contribution is -0.142. The average Bonchev–Trinajstić information content (AvgIpc) is 2.51. The van der Waals surface area contributed by atoms with Crippen LogP contribution in [0.25, 0.3) is 6.08 Å². The Balaban J connectivity index is 1.81. The second-order valence-corrected chi connectivity index (χ2v) is 4.91. The van der Waals surface area contributed by atoms with Gasteiger partial charge in [0, 0.05) is 11.8 Å². The number of ether oxygens (including phenoxy) is 1. The Morgan fingerprint density at radius 1 is 1.17 bits per heavy atom. The summed E-state index contributed by atoms with van der Waals surface area (Å²) in [6, 6.07) is 13.1. The summed E-state index contributed by atoms with van der Waals surface area (Å²) in [5.74, 6) is -1.62. The topological polar surface area (TPSA) is 55.4 Å². The summed E-state index contributed by atoms with van der Waals surface area (Å²) in [5, 5.41) is 2.44. The first-order chi connectivity index (χ1) is 11.0. The van der Waals surface area contributed by atoms with Gasteiger partial charge in [-0.25, -0.2) is 9.18 Å². The molecule has 2 aromatic carbocycles. The Kier molecular flexibility index (Phi) is 5.63. The maximum absolute atomic E-state index is 13.0. The smallest absolute Gasteiger partial charge is 0.331 e. The first kappa shape index (κ1) is 16.4. The largest absolute Gasteiger partial charge is 0.452 e. The molecule has 1 amide bonds. The van der Waals surface area contributed by atoms with Crippen molar-refractivity contribution in [2.75, 3.05) is 11.9 Å². The van der Waals surface area contributed by atoms with Crippen LogP contribution in [0, 0.1) is 12.7 Å². The van der Waals surface area contributed by atoms with Gasteiger partial charge in [-0.3, -0.25) is 4.79 Å². The minimum Gasteiger partial charge on any atom is -0.452 e. The van der Waals surface area contributed by atoms with Gasteiger partial charge in [0.05, 0.1) is 0 Å². The standard InChI is InChI=1S/C18H16FNO3/c1-13-4-2-5-14(10-13)8-9-18(22)23-12-17(21)20-16-7-3-6-15(19)11-16/h2-11H,12H2,1H3,(H,20,21)/b9-8+. The van der Waals surface area contributed by atoms with Gasteiger partial charge in [-0.15, -0.1) is 0 Å². The van der Waals surface area contributed by atoms with Crippen molar-refractivity contribution in [3.05, 3.63) is 71.6 Å². The number of aryl methyl sites for hydroxylation is 1. The van der Waals surface area contributed by atoms with E-state index in [0.29, 0.717) is 5.69 Å². The molecule has 0 atom stereocenters. The van der Waals surface area contributed by atoms with E-state index >= 15 is 0 Å². The Bertz CT molecular complexity index is 741. The van der Waals surface area contributed by atoms with Crippen LogP contribution < -0.4 is 5.32 Å². The number of anilines is 1. The average molecular weight is 313 g/mol. The molecule has 0 aliphatic rings. The Morgan fingerprint density at radius 2 is 1.96 bits per heavy atom. The summed E-state index contributed by atoms with van der Waals surface area (Å²) in [6.45, 7) is 1.51. The molecule has 0 aliphatic carbocycles. The van der Waals surface area contributed by atoms with E-state index in [1.165, 1.54) is 24.3 Å². The number of rotatable bonds is 5. The molecule has 0 radical (unpaired) electrons. The third kappa shape index (κ3) is 5.74. The summed E-state index contributed by atoms with van der Waals surface area (Å²) in [4.78, 5) is 23.2. The monoisotopic (exact) mass is 313 g/mol. The van der Waals surface area contributed by atoms with Crippen molar-refractivity contribution in [1.29, 1.82) is 0 Å². The highest BCUT2D eigenvalue weighted by Gasteiger charge is 2.06. The highest BCUT2D eigenvalue weighted by atomic mass is 19.1. The normalized spacial score (nSPS) is 10.5. The fraction of sp³-hybridized carbons (Fsp3) is 0.111. The zero-order valence-corrected chi connectivity index (χ0v) is 12.6. The van der Waals surface area contributed by atoms with Gasteiger partial charge in [0.1, 0.15) is 5.82 Å². The first-order valence-electron chi connectivity index (χ1n) is 7.00. The number of hydrogen-bond donors (Lipinski definition) is 1. The van der Waals surface area contributed by atoms with Crippen LogP contribution in [0.5, 0.6) is 0 Å². The first-order valence-corrected chi connectivity index (χ1v) is 7.00. The molecule has 0 saturated heterocycles. The van der Waals surface area contributed by atoms with E-state index in [0.717, 1.165) is 11.1 Å². The second kappa shape index (κ2) is 7.89. The van der Waals surface area contributed by atoms with Crippen LogP contribution in [-0.4, -0.2) is 18.5 Å². The summed E-state index contributed by atoms with van der Waals surface area (Å²) < 4.78 is 17.8. The number of carbonyl (C=O) groups is 2. The third-order valence-electron chi connectivity index (χ3n) is 2.91. The maximum atomic E-state index is 13.0. The lowest BCUT2D eigenvalue weighted by Crippen LogP contribution is -2.20. The fourth-order valence-corrected chi connectivity index (χ4v) is 1.89. The minimum atomic E-state index is -0.624. The number of halogens is 1. The number of nitrogens with one attached hydrogen (secondary N) is 1. The molecule has 0 bridgehead atoms. The molecular formula is C18H16FNO3. The summed E-state index contributed by atoms with van der Waals surface area (Å²) in [6.07, 6.45) is 2.87. The molecule has 0 aliphatic heterocycles. The van der Waals surface area contributed by atoms with E-state index < -0.39 is 24.3 Å². The SMILES string of the molecule is Cc1cccc(/C=C/C(=O)OCC(=O)Nc2cccc(F)c2)c1. The van der Waals surface area contributed by atoms with Crippen LogP contribution in [0.15, 0.2) is 54.6 Å². The molecule has 2 rings (SSSR count). The van der Waals surface area contributed by atoms with Crippen molar-refractivity contribution in [1.82, 2.24) is 0 Å². The van der Waals surface area contributed by atoms with Gasteiger partial charge in [-0.2, -0.15) is 0 Å². The molecule has 0 heterocycles. The number of amides is 1. The molecule has 2 aromatic rings. The Labute approximate surface area is 133 Å². The molecule has 1 N–H and O–H groups in total. The van der Waals surface area contributed by atoms with Gasteiger partial charge in [0.15, 0.2) is 6.61 Å². The van der Waals surface area contributed by atoms with Crippen molar-refractivity contribution in [3.63, 3.8) is 0 Å². The number of benzene rings is 2. The molecule has 23 heavy (non-hydrogen) atoms. The highest BCUT2D eigenvalue weighted by molar-refractivity contribution is 5.94. The van der Waals surface area contributed by atoms with E-state index in [1.54, 1.807) is 12.1 Å². The van der Waals surface area contributed by atoms with Crippen molar-refractivity contribution in [3.8, 4) is 0 Å². The van der Waals surface area contributed by atoms with Gasteiger partial charge in [-0.05, 0) is 36.8 Å². The number of hydrogen-bond acceptors (Lipinski definition) is 3. The molecule has 118 valence electrons. The molecule has 5 heteroatoms. The van der Waals surface area contributed by atoms with E-state index in [-0.39, 0.29) is 0 Å². The van der Waals surface area contributed by atoms with E-state index in [9.17, 15) is 14.0 Å². The lowest BCUT2D eigenvalue weighted by atomic mass is 10.1. The number of carbonyl (C=O) groups excluding carboxylic acids is 2. The Morgan fingerprint density at radius 3 is 2.70 bits per heavy atom.